The molecule has 1 rings (SSSR count). The van der Waals surface area contributed by atoms with E-state index in [0.29, 0.717) is 12.0 Å². The monoisotopic (exact) mass is 262 g/mol. The predicted molar refractivity (Wildman–Crippen MR) is 54.8 cm³/mol. The molecular weight excluding hydrogens is 254 g/mol. The summed E-state index contributed by atoms with van der Waals surface area (Å²) in [6, 6.07) is 6.61. The first kappa shape index (κ1) is 11.2. The van der Waals surface area contributed by atoms with Crippen LogP contribution < -0.4 is 4.74 Å². The number of hydrogen-bond acceptors (Lipinski definition) is 1. The van der Waals surface area contributed by atoms with Crippen molar-refractivity contribution < 1.29 is 13.5 Å². The van der Waals surface area contributed by atoms with Crippen LogP contribution in [0.4, 0.5) is 8.78 Å². The molecule has 14 heavy (non-hydrogen) atoms. The van der Waals surface area contributed by atoms with E-state index in [9.17, 15) is 8.78 Å². The molecule has 0 aliphatic heterocycles. The third kappa shape index (κ3) is 3.46. The van der Waals surface area contributed by atoms with Crippen LogP contribution in [0.2, 0.25) is 0 Å². The minimum atomic E-state index is -3.33. The molecule has 4 heteroatoms. The van der Waals surface area contributed by atoms with Gasteiger partial charge < -0.3 is 4.74 Å². The lowest BCUT2D eigenvalue weighted by molar-refractivity contribution is -0.0807. The number of hydrogen-bond donors (Lipinski definition) is 0. The van der Waals surface area contributed by atoms with Crippen molar-refractivity contribution in [2.75, 3.05) is 0 Å². The van der Waals surface area contributed by atoms with Gasteiger partial charge in [0.15, 0.2) is 0 Å². The molecule has 0 saturated carbocycles. The number of halogens is 3. The highest BCUT2D eigenvalue weighted by Crippen LogP contribution is 2.29. The number of benzene rings is 1. The van der Waals surface area contributed by atoms with Crippen molar-refractivity contribution in [3.05, 3.63) is 42.5 Å². The van der Waals surface area contributed by atoms with Crippen LogP contribution in [0.3, 0.4) is 0 Å². The van der Waals surface area contributed by atoms with Crippen LogP contribution in [-0.2, 0) is 6.42 Å². The number of alkyl halides is 3. The molecule has 0 aliphatic carbocycles. The van der Waals surface area contributed by atoms with E-state index < -0.39 is 5.02 Å². The highest BCUT2D eigenvalue weighted by molar-refractivity contribution is 9.09. The third-order valence-corrected chi connectivity index (χ3v) is 1.72. The van der Waals surface area contributed by atoms with Gasteiger partial charge in [0.25, 0.3) is 0 Å². The first-order valence-electron chi connectivity index (χ1n) is 3.97. The highest BCUT2D eigenvalue weighted by atomic mass is 79.9. The molecule has 76 valence electrons. The average molecular weight is 263 g/mol. The standard InChI is InChI=1S/C10H9BrF2O/c1-2-5-8-6-3-4-7-9(8)14-10(11,12)13/h2-4,6-7H,1,5H2. The maximum Gasteiger partial charge on any atom is 0.459 e. The zero-order valence-electron chi connectivity index (χ0n) is 7.34. The molecule has 0 unspecified atom stereocenters. The molecule has 0 aromatic heterocycles. The minimum absolute atomic E-state index is 0.161. The summed E-state index contributed by atoms with van der Waals surface area (Å²) in [6.07, 6.45) is 2.13. The predicted octanol–water partition coefficient (Wildman–Crippen LogP) is 3.74. The second kappa shape index (κ2) is 4.55. The third-order valence-electron chi connectivity index (χ3n) is 1.56. The SMILES string of the molecule is C=CCc1ccccc1OC(F)(F)Br. The van der Waals surface area contributed by atoms with Crippen LogP contribution in [-0.4, -0.2) is 5.02 Å². The zero-order valence-corrected chi connectivity index (χ0v) is 8.93. The van der Waals surface area contributed by atoms with Gasteiger partial charge in [-0.05, 0) is 18.1 Å². The van der Waals surface area contributed by atoms with E-state index >= 15 is 0 Å². The summed E-state index contributed by atoms with van der Waals surface area (Å²) in [4.78, 5) is 0. The lowest BCUT2D eigenvalue weighted by atomic mass is 10.1. The van der Waals surface area contributed by atoms with Gasteiger partial charge in [0.05, 0.1) is 0 Å². The quantitative estimate of drug-likeness (QED) is 0.594. The van der Waals surface area contributed by atoms with Gasteiger partial charge in [-0.25, -0.2) is 0 Å². The smallest absolute Gasteiger partial charge is 0.424 e. The molecule has 0 atom stereocenters. The average Bonchev–Trinajstić information content (AvgIpc) is 2.06. The van der Waals surface area contributed by atoms with E-state index in [-0.39, 0.29) is 5.75 Å². The summed E-state index contributed by atoms with van der Waals surface area (Å²) in [5.41, 5.74) is 0.682. The maximum absolute atomic E-state index is 12.5. The van der Waals surface area contributed by atoms with E-state index in [1.54, 1.807) is 24.3 Å². The van der Waals surface area contributed by atoms with Crippen molar-refractivity contribution in [2.24, 2.45) is 0 Å². The molecule has 1 aromatic rings. The maximum atomic E-state index is 12.5. The first-order chi connectivity index (χ1) is 6.53. The second-order valence-electron chi connectivity index (χ2n) is 2.65. The Bertz CT molecular complexity index is 320. The van der Waals surface area contributed by atoms with Crippen molar-refractivity contribution in [1.82, 2.24) is 0 Å². The minimum Gasteiger partial charge on any atom is -0.424 e. The van der Waals surface area contributed by atoms with Gasteiger partial charge in [-0.3, -0.25) is 0 Å². The van der Waals surface area contributed by atoms with Crippen LogP contribution in [0.5, 0.6) is 5.75 Å². The number of para-hydroxylation sites is 1. The van der Waals surface area contributed by atoms with Gasteiger partial charge in [-0.1, -0.05) is 24.3 Å². The highest BCUT2D eigenvalue weighted by Gasteiger charge is 2.27. The summed E-state index contributed by atoms with van der Waals surface area (Å²) in [5.74, 6) is 0.161. The fraction of sp³-hybridized carbons (Fsp3) is 0.200. The molecular formula is C10H9BrF2O. The van der Waals surface area contributed by atoms with Crippen LogP contribution in [0, 0.1) is 0 Å². The van der Waals surface area contributed by atoms with Gasteiger partial charge in [0.2, 0.25) is 0 Å². The molecule has 1 aromatic carbocycles. The Morgan fingerprint density at radius 3 is 2.64 bits per heavy atom. The molecule has 0 spiro atoms. The Hall–Kier alpha value is -0.900. The van der Waals surface area contributed by atoms with Gasteiger partial charge >= 0.3 is 5.02 Å². The zero-order chi connectivity index (χ0) is 10.6. The summed E-state index contributed by atoms with van der Waals surface area (Å²) in [5, 5.41) is -3.33. The Labute approximate surface area is 89.5 Å². The van der Waals surface area contributed by atoms with Crippen molar-refractivity contribution in [3.63, 3.8) is 0 Å². The number of ether oxygens (including phenoxy) is 1. The van der Waals surface area contributed by atoms with Crippen LogP contribution in [0.15, 0.2) is 36.9 Å². The summed E-state index contributed by atoms with van der Waals surface area (Å²) < 4.78 is 29.4. The van der Waals surface area contributed by atoms with Crippen molar-refractivity contribution in [1.29, 1.82) is 0 Å². The second-order valence-corrected chi connectivity index (χ2v) is 3.57. The van der Waals surface area contributed by atoms with Gasteiger partial charge in [-0.15, -0.1) is 6.58 Å². The largest absolute Gasteiger partial charge is 0.459 e. The summed E-state index contributed by atoms with van der Waals surface area (Å²) in [7, 11) is 0. The molecule has 0 saturated heterocycles. The van der Waals surface area contributed by atoms with E-state index in [1.165, 1.54) is 6.07 Å². The molecule has 0 amide bonds. The number of rotatable bonds is 4. The van der Waals surface area contributed by atoms with E-state index in [0.717, 1.165) is 0 Å². The van der Waals surface area contributed by atoms with Crippen LogP contribution >= 0.6 is 15.9 Å². The van der Waals surface area contributed by atoms with Crippen molar-refractivity contribution >= 4 is 15.9 Å². The fourth-order valence-electron chi connectivity index (χ4n) is 1.05. The molecule has 0 fully saturated rings. The molecule has 0 heterocycles. The fourth-order valence-corrected chi connectivity index (χ4v) is 1.23. The van der Waals surface area contributed by atoms with E-state index in [2.05, 4.69) is 27.2 Å². The molecule has 1 nitrogen and oxygen atoms in total. The topological polar surface area (TPSA) is 9.23 Å². The van der Waals surface area contributed by atoms with E-state index in [1.807, 2.05) is 0 Å². The van der Waals surface area contributed by atoms with Crippen molar-refractivity contribution in [2.45, 2.75) is 11.4 Å². The molecule has 0 aliphatic rings. The number of allylic oxidation sites excluding steroid dienone is 1. The molecule has 0 bridgehead atoms. The Morgan fingerprint density at radius 2 is 2.07 bits per heavy atom. The molecule has 0 N–H and O–H groups in total. The summed E-state index contributed by atoms with van der Waals surface area (Å²) >= 11 is 2.12. The Balaban J connectivity index is 2.89. The lowest BCUT2D eigenvalue weighted by Gasteiger charge is -2.13. The van der Waals surface area contributed by atoms with E-state index in [4.69, 9.17) is 0 Å². The first-order valence-corrected chi connectivity index (χ1v) is 4.77. The van der Waals surface area contributed by atoms with Crippen LogP contribution in [0.1, 0.15) is 5.56 Å². The Morgan fingerprint density at radius 1 is 1.43 bits per heavy atom. The normalized spacial score (nSPS) is 11.1. The van der Waals surface area contributed by atoms with Gasteiger partial charge in [0, 0.05) is 15.9 Å². The Kier molecular flexibility index (Phi) is 3.63. The lowest BCUT2D eigenvalue weighted by Crippen LogP contribution is -2.15. The van der Waals surface area contributed by atoms with Gasteiger partial charge in [0.1, 0.15) is 5.75 Å². The van der Waals surface area contributed by atoms with Crippen molar-refractivity contribution in [3.8, 4) is 5.75 Å². The van der Waals surface area contributed by atoms with Gasteiger partial charge in [-0.2, -0.15) is 8.78 Å². The van der Waals surface area contributed by atoms with Crippen LogP contribution in [0.25, 0.3) is 0 Å². The molecule has 0 radical (unpaired) electrons. The summed E-state index contributed by atoms with van der Waals surface area (Å²) in [6.45, 7) is 3.54.